The van der Waals surface area contributed by atoms with Crippen molar-refractivity contribution in [3.63, 3.8) is 0 Å². The number of rotatable bonds is 6. The molecule has 5 rings (SSSR count). The van der Waals surface area contributed by atoms with Gasteiger partial charge in [0.2, 0.25) is 6.79 Å². The molecule has 1 aromatic heterocycles. The van der Waals surface area contributed by atoms with Crippen LogP contribution in [0, 0.1) is 0 Å². The first-order valence-corrected chi connectivity index (χ1v) is 10.5. The average molecular weight is 388 g/mol. The normalized spacial score (nSPS) is 24.1. The summed E-state index contributed by atoms with van der Waals surface area (Å²) >= 11 is 1.74. The second-order valence-electron chi connectivity index (χ2n) is 7.70. The summed E-state index contributed by atoms with van der Waals surface area (Å²) in [6.07, 6.45) is 5.90. The van der Waals surface area contributed by atoms with Gasteiger partial charge in [0.15, 0.2) is 16.6 Å². The van der Waals surface area contributed by atoms with Gasteiger partial charge in [0.05, 0.1) is 11.6 Å². The lowest BCUT2D eigenvalue weighted by Gasteiger charge is -2.25. The van der Waals surface area contributed by atoms with E-state index in [4.69, 9.17) is 9.47 Å². The molecule has 144 valence electrons. The fourth-order valence-corrected chi connectivity index (χ4v) is 5.33. The zero-order valence-electron chi connectivity index (χ0n) is 15.5. The Kier molecular flexibility index (Phi) is 4.26. The maximum absolute atomic E-state index is 9.86. The Hall–Kier alpha value is -1.83. The highest BCUT2D eigenvalue weighted by Crippen LogP contribution is 2.51. The van der Waals surface area contributed by atoms with Crippen LogP contribution >= 0.6 is 11.3 Å². The number of nitrogens with one attached hydrogen (secondary N) is 1. The van der Waals surface area contributed by atoms with Gasteiger partial charge in [0.1, 0.15) is 0 Å². The summed E-state index contributed by atoms with van der Waals surface area (Å²) in [6.45, 7) is 4.23. The van der Waals surface area contributed by atoms with Crippen molar-refractivity contribution < 1.29 is 14.6 Å². The van der Waals surface area contributed by atoms with Crippen LogP contribution in [-0.4, -0.2) is 41.0 Å². The number of hydrogen-bond donors (Lipinski definition) is 2. The smallest absolute Gasteiger partial charge is 0.231 e. The number of ether oxygens (including phenoxy) is 2. The summed E-state index contributed by atoms with van der Waals surface area (Å²) in [7, 11) is 0. The van der Waals surface area contributed by atoms with Crippen LogP contribution < -0.4 is 14.8 Å². The molecule has 1 unspecified atom stereocenters. The third-order valence-electron chi connectivity index (χ3n) is 5.90. The first-order chi connectivity index (χ1) is 13.2. The minimum Gasteiger partial charge on any atom is -0.454 e. The van der Waals surface area contributed by atoms with E-state index in [-0.39, 0.29) is 11.6 Å². The van der Waals surface area contributed by atoms with Gasteiger partial charge in [-0.25, -0.2) is 4.98 Å². The van der Waals surface area contributed by atoms with Crippen molar-refractivity contribution in [3.8, 4) is 11.5 Å². The van der Waals surface area contributed by atoms with Gasteiger partial charge in [0.25, 0.3) is 0 Å². The molecule has 3 aliphatic rings. The fourth-order valence-electron chi connectivity index (χ4n) is 4.20. The summed E-state index contributed by atoms with van der Waals surface area (Å²) in [6, 6.07) is 6.56. The van der Waals surface area contributed by atoms with Crippen LogP contribution in [0.3, 0.4) is 0 Å². The van der Waals surface area contributed by atoms with E-state index in [1.165, 1.54) is 10.4 Å². The number of anilines is 1. The number of hydrogen-bond acceptors (Lipinski definition) is 7. The zero-order valence-corrected chi connectivity index (χ0v) is 16.3. The van der Waals surface area contributed by atoms with Crippen molar-refractivity contribution in [1.29, 1.82) is 0 Å². The topological polar surface area (TPSA) is 66.9 Å². The molecule has 2 atom stereocenters. The van der Waals surface area contributed by atoms with Crippen molar-refractivity contribution in [2.75, 3.05) is 25.2 Å². The van der Waals surface area contributed by atoms with Gasteiger partial charge < -0.3 is 19.9 Å². The highest BCUT2D eigenvalue weighted by Gasteiger charge is 2.45. The molecular weight excluding hydrogens is 362 g/mol. The first kappa shape index (κ1) is 17.3. The average Bonchev–Trinajstić information content (AvgIpc) is 3.05. The molecule has 0 bridgehead atoms. The predicted molar refractivity (Wildman–Crippen MR) is 104 cm³/mol. The van der Waals surface area contributed by atoms with E-state index in [1.54, 1.807) is 11.3 Å². The van der Waals surface area contributed by atoms with Gasteiger partial charge in [-0.05, 0) is 43.4 Å². The lowest BCUT2D eigenvalue weighted by Crippen LogP contribution is -2.26. The maximum Gasteiger partial charge on any atom is 0.231 e. The van der Waals surface area contributed by atoms with Gasteiger partial charge in [-0.15, -0.1) is 11.3 Å². The first-order valence-electron chi connectivity index (χ1n) is 9.73. The Labute approximate surface area is 163 Å². The number of aliphatic hydroxyl groups excluding tert-OH is 1. The maximum atomic E-state index is 9.86. The largest absolute Gasteiger partial charge is 0.454 e. The van der Waals surface area contributed by atoms with E-state index in [0.29, 0.717) is 12.8 Å². The quantitative estimate of drug-likeness (QED) is 0.791. The van der Waals surface area contributed by atoms with Gasteiger partial charge in [-0.2, -0.15) is 0 Å². The molecule has 1 saturated carbocycles. The second-order valence-corrected chi connectivity index (χ2v) is 8.77. The molecule has 2 N–H and O–H groups in total. The number of aliphatic hydroxyl groups is 1. The zero-order chi connectivity index (χ0) is 18.4. The number of thiazole rings is 1. The Morgan fingerprint density at radius 2 is 2.22 bits per heavy atom. The van der Waals surface area contributed by atoms with Gasteiger partial charge in [-0.1, -0.05) is 13.0 Å². The van der Waals surface area contributed by atoms with Crippen molar-refractivity contribution in [2.45, 2.75) is 50.3 Å². The van der Waals surface area contributed by atoms with Gasteiger partial charge >= 0.3 is 0 Å². The Bertz CT molecular complexity index is 836. The number of nitrogens with zero attached hydrogens (tertiary/aromatic N) is 2. The summed E-state index contributed by atoms with van der Waals surface area (Å²) in [5.74, 6) is 1.66. The molecule has 6 nitrogen and oxygen atoms in total. The lowest BCUT2D eigenvalue weighted by molar-refractivity contribution is 0.158. The molecule has 2 aliphatic heterocycles. The lowest BCUT2D eigenvalue weighted by atomic mass is 10.0. The Morgan fingerprint density at radius 1 is 1.37 bits per heavy atom. The van der Waals surface area contributed by atoms with E-state index in [0.717, 1.165) is 55.4 Å². The van der Waals surface area contributed by atoms with E-state index >= 15 is 0 Å². The van der Waals surface area contributed by atoms with Gasteiger partial charge in [0, 0.05) is 30.2 Å². The molecule has 0 spiro atoms. The van der Waals surface area contributed by atoms with Crippen LogP contribution in [0.25, 0.3) is 0 Å². The molecule has 0 radical (unpaired) electrons. The number of β-amino-alcohol motifs (C(OH)–C–C–N with tert-alkyl or cyclic N) is 1. The number of fused-ring (bicyclic) bond motifs is 1. The van der Waals surface area contributed by atoms with Crippen molar-refractivity contribution in [1.82, 2.24) is 9.88 Å². The van der Waals surface area contributed by atoms with E-state index < -0.39 is 0 Å². The molecule has 2 fully saturated rings. The van der Waals surface area contributed by atoms with Crippen LogP contribution in [0.4, 0.5) is 5.13 Å². The minimum absolute atomic E-state index is 0.0400. The molecule has 1 saturated heterocycles. The van der Waals surface area contributed by atoms with Crippen molar-refractivity contribution in [3.05, 3.63) is 34.8 Å². The van der Waals surface area contributed by atoms with Gasteiger partial charge in [-0.3, -0.25) is 4.90 Å². The molecule has 3 heterocycles. The molecule has 7 heteroatoms. The number of benzene rings is 1. The van der Waals surface area contributed by atoms with E-state index in [1.807, 2.05) is 12.3 Å². The summed E-state index contributed by atoms with van der Waals surface area (Å²) in [4.78, 5) is 8.32. The van der Waals surface area contributed by atoms with Crippen molar-refractivity contribution in [2.24, 2.45) is 0 Å². The number of likely N-dealkylation sites (tertiary alicyclic amines) is 1. The number of aromatic nitrogens is 1. The van der Waals surface area contributed by atoms with Crippen LogP contribution in [0.1, 0.15) is 49.1 Å². The van der Waals surface area contributed by atoms with Crippen LogP contribution in [-0.2, 0) is 5.54 Å². The Morgan fingerprint density at radius 3 is 2.96 bits per heavy atom. The standard InChI is InChI=1S/C20H25N3O3S/c1-2-15(23-8-5-14(24)11-23)18-10-21-19(27-18)22-20(6-7-20)13-3-4-16-17(9-13)26-12-25-16/h3-4,9-10,14-15,24H,2,5-8,11-12H2,1H3,(H,21,22)/t14-,15?/m1/s1. The highest BCUT2D eigenvalue weighted by molar-refractivity contribution is 7.15. The highest BCUT2D eigenvalue weighted by atomic mass is 32.1. The fraction of sp³-hybridized carbons (Fsp3) is 0.550. The van der Waals surface area contributed by atoms with Crippen LogP contribution in [0.2, 0.25) is 0 Å². The summed E-state index contributed by atoms with van der Waals surface area (Å²) < 4.78 is 11.0. The molecule has 1 aromatic carbocycles. The summed E-state index contributed by atoms with van der Waals surface area (Å²) in [5, 5.41) is 14.5. The third-order valence-corrected chi connectivity index (χ3v) is 6.91. The monoisotopic (exact) mass is 387 g/mol. The van der Waals surface area contributed by atoms with Crippen LogP contribution in [0.15, 0.2) is 24.4 Å². The third kappa shape index (κ3) is 3.17. The second kappa shape index (κ2) is 6.65. The Balaban J connectivity index is 1.33. The molecule has 0 amide bonds. The summed E-state index contributed by atoms with van der Waals surface area (Å²) in [5.41, 5.74) is 1.19. The predicted octanol–water partition coefficient (Wildman–Crippen LogP) is 3.49. The molecule has 27 heavy (non-hydrogen) atoms. The molecule has 2 aromatic rings. The molecule has 1 aliphatic carbocycles. The van der Waals surface area contributed by atoms with Crippen molar-refractivity contribution >= 4 is 16.5 Å². The minimum atomic E-state index is -0.190. The van der Waals surface area contributed by atoms with E-state index in [9.17, 15) is 5.11 Å². The van der Waals surface area contributed by atoms with E-state index in [2.05, 4.69) is 34.3 Å². The molecular formula is C20H25N3O3S. The van der Waals surface area contributed by atoms with Crippen LogP contribution in [0.5, 0.6) is 11.5 Å². The SMILES string of the molecule is CCC(c1cnc(NC2(c3ccc4c(c3)OCO4)CC2)s1)N1CC[C@@H](O)C1.